The number of hydrogen-bond acceptors (Lipinski definition) is 6. The van der Waals surface area contributed by atoms with Crippen LogP contribution in [0.2, 0.25) is 10.3 Å². The number of anilines is 1. The minimum atomic E-state index is -0.711. The first-order valence-corrected chi connectivity index (χ1v) is 7.28. The summed E-state index contributed by atoms with van der Waals surface area (Å²) >= 11 is 11.9. The lowest BCUT2D eigenvalue weighted by Gasteiger charge is -2.31. The number of aromatic nitrogens is 2. The first-order chi connectivity index (χ1) is 10.0. The molecule has 21 heavy (non-hydrogen) atoms. The van der Waals surface area contributed by atoms with E-state index in [1.807, 2.05) is 0 Å². The van der Waals surface area contributed by atoms with Crippen LogP contribution in [0.3, 0.4) is 0 Å². The Morgan fingerprint density at radius 3 is 2.33 bits per heavy atom. The molecule has 1 fully saturated rings. The Balaban J connectivity index is 2.30. The second kappa shape index (κ2) is 6.46. The van der Waals surface area contributed by atoms with Gasteiger partial charge in [0.05, 0.1) is 13.2 Å². The first kappa shape index (κ1) is 15.8. The molecular weight excluding hydrogens is 315 g/mol. The number of nitriles is 1. The molecule has 112 valence electrons. The number of esters is 1. The highest BCUT2D eigenvalue weighted by Gasteiger charge is 2.33. The number of halogens is 2. The number of carbonyl (C=O) groups is 1. The largest absolute Gasteiger partial charge is 0.465 e. The maximum absolute atomic E-state index is 11.5. The van der Waals surface area contributed by atoms with Crippen LogP contribution in [-0.2, 0) is 4.74 Å². The van der Waals surface area contributed by atoms with Gasteiger partial charge in [-0.1, -0.05) is 42.5 Å². The highest BCUT2D eigenvalue weighted by molar-refractivity contribution is 6.38. The summed E-state index contributed by atoms with van der Waals surface area (Å²) in [6, 6.07) is 2.28. The Kier molecular flexibility index (Phi) is 4.86. The van der Waals surface area contributed by atoms with Crippen LogP contribution >= 0.6 is 23.2 Å². The van der Waals surface area contributed by atoms with Gasteiger partial charge in [0.1, 0.15) is 11.1 Å². The summed E-state index contributed by atoms with van der Waals surface area (Å²) < 4.78 is 4.57. The zero-order valence-electron chi connectivity index (χ0n) is 11.4. The Labute approximate surface area is 132 Å². The number of methoxy groups -OCH3 is 1. The SMILES string of the molecule is COC(=O)c1c(Cl)nc(NC2(C#N)CCCCC2)nc1Cl. The van der Waals surface area contributed by atoms with Gasteiger partial charge in [0.15, 0.2) is 10.3 Å². The molecule has 0 aliphatic heterocycles. The number of nitrogens with zero attached hydrogens (tertiary/aromatic N) is 3. The van der Waals surface area contributed by atoms with E-state index in [2.05, 4.69) is 26.1 Å². The molecule has 8 heteroatoms. The molecule has 0 amide bonds. The van der Waals surface area contributed by atoms with Gasteiger partial charge in [-0.2, -0.15) is 5.26 Å². The molecule has 0 aromatic carbocycles. The Bertz CT molecular complexity index is 571. The van der Waals surface area contributed by atoms with Crippen LogP contribution in [0.4, 0.5) is 5.95 Å². The zero-order chi connectivity index (χ0) is 15.5. The van der Waals surface area contributed by atoms with E-state index in [1.165, 1.54) is 7.11 Å². The third-order valence-electron chi connectivity index (χ3n) is 3.48. The molecule has 0 spiro atoms. The summed E-state index contributed by atoms with van der Waals surface area (Å²) in [5, 5.41) is 12.2. The molecule has 0 atom stereocenters. The van der Waals surface area contributed by atoms with Crippen LogP contribution in [0.25, 0.3) is 0 Å². The van der Waals surface area contributed by atoms with Crippen LogP contribution in [-0.4, -0.2) is 28.6 Å². The highest BCUT2D eigenvalue weighted by Crippen LogP contribution is 2.31. The molecule has 0 radical (unpaired) electrons. The van der Waals surface area contributed by atoms with E-state index in [1.54, 1.807) is 0 Å². The van der Waals surface area contributed by atoms with Crippen molar-refractivity contribution in [2.24, 2.45) is 0 Å². The van der Waals surface area contributed by atoms with Crippen molar-refractivity contribution in [1.29, 1.82) is 5.26 Å². The van der Waals surface area contributed by atoms with Crippen LogP contribution in [0, 0.1) is 11.3 Å². The molecule has 6 nitrogen and oxygen atoms in total. The summed E-state index contributed by atoms with van der Waals surface area (Å²) in [5.41, 5.74) is -0.793. The van der Waals surface area contributed by atoms with Crippen molar-refractivity contribution in [2.45, 2.75) is 37.6 Å². The summed E-state index contributed by atoms with van der Waals surface area (Å²) in [6.45, 7) is 0. The molecule has 1 aromatic rings. The normalized spacial score (nSPS) is 16.9. The minimum Gasteiger partial charge on any atom is -0.465 e. The van der Waals surface area contributed by atoms with Crippen LogP contribution in [0.15, 0.2) is 0 Å². The van der Waals surface area contributed by atoms with Crippen molar-refractivity contribution in [3.8, 4) is 6.07 Å². The molecule has 2 rings (SSSR count). The summed E-state index contributed by atoms with van der Waals surface area (Å²) in [6.07, 6.45) is 4.45. The van der Waals surface area contributed by atoms with Crippen molar-refractivity contribution in [3.05, 3.63) is 15.9 Å². The fraction of sp³-hybridized carbons (Fsp3) is 0.538. The lowest BCUT2D eigenvalue weighted by atomic mass is 9.83. The monoisotopic (exact) mass is 328 g/mol. The van der Waals surface area contributed by atoms with Gasteiger partial charge >= 0.3 is 5.97 Å². The number of ether oxygens (including phenoxy) is 1. The molecular formula is C13H14Cl2N4O2. The van der Waals surface area contributed by atoms with Gasteiger partial charge < -0.3 is 10.1 Å². The molecule has 1 heterocycles. The highest BCUT2D eigenvalue weighted by atomic mass is 35.5. The number of rotatable bonds is 3. The van der Waals surface area contributed by atoms with E-state index >= 15 is 0 Å². The molecule has 1 saturated carbocycles. The van der Waals surface area contributed by atoms with Gasteiger partial charge in [-0.3, -0.25) is 0 Å². The molecule has 0 bridgehead atoms. The first-order valence-electron chi connectivity index (χ1n) is 6.52. The van der Waals surface area contributed by atoms with E-state index in [0.717, 1.165) is 19.3 Å². The maximum atomic E-state index is 11.5. The van der Waals surface area contributed by atoms with Crippen LogP contribution in [0.5, 0.6) is 0 Å². The fourth-order valence-corrected chi connectivity index (χ4v) is 2.91. The van der Waals surface area contributed by atoms with Gasteiger partial charge in [0, 0.05) is 0 Å². The van der Waals surface area contributed by atoms with Gasteiger partial charge in [-0.15, -0.1) is 0 Å². The van der Waals surface area contributed by atoms with Crippen LogP contribution in [0.1, 0.15) is 42.5 Å². The third kappa shape index (κ3) is 3.36. The van der Waals surface area contributed by atoms with Crippen LogP contribution < -0.4 is 5.32 Å². The lowest BCUT2D eigenvalue weighted by molar-refractivity contribution is 0.0600. The van der Waals surface area contributed by atoms with Crippen molar-refractivity contribution in [3.63, 3.8) is 0 Å². The van der Waals surface area contributed by atoms with E-state index < -0.39 is 11.5 Å². The lowest BCUT2D eigenvalue weighted by Crippen LogP contribution is -2.39. The summed E-state index contributed by atoms with van der Waals surface area (Å²) in [4.78, 5) is 19.5. The third-order valence-corrected chi connectivity index (χ3v) is 4.03. The smallest absolute Gasteiger partial charge is 0.344 e. The quantitative estimate of drug-likeness (QED) is 0.677. The predicted octanol–water partition coefficient (Wildman–Crippen LogP) is 3.21. The molecule has 1 aliphatic rings. The Morgan fingerprint density at radius 1 is 1.29 bits per heavy atom. The fourth-order valence-electron chi connectivity index (χ4n) is 2.37. The molecule has 0 unspecified atom stereocenters. The molecule has 1 N–H and O–H groups in total. The van der Waals surface area contributed by atoms with Gasteiger partial charge in [0.2, 0.25) is 5.95 Å². The molecule has 0 saturated heterocycles. The van der Waals surface area contributed by atoms with Gasteiger partial charge in [-0.25, -0.2) is 14.8 Å². The van der Waals surface area contributed by atoms with E-state index in [9.17, 15) is 10.1 Å². The number of nitrogens with one attached hydrogen (secondary N) is 1. The van der Waals surface area contributed by atoms with Gasteiger partial charge in [-0.05, 0) is 12.8 Å². The standard InChI is InChI=1S/C13H14Cl2N4O2/c1-21-11(20)8-9(14)17-12(18-10(8)15)19-13(7-16)5-3-2-4-6-13/h2-6H2,1H3,(H,17,18,19). The van der Waals surface area contributed by atoms with Crippen molar-refractivity contribution < 1.29 is 9.53 Å². The minimum absolute atomic E-state index is 0.0824. The Morgan fingerprint density at radius 2 is 1.86 bits per heavy atom. The average molecular weight is 329 g/mol. The average Bonchev–Trinajstić information content (AvgIpc) is 2.47. The predicted molar refractivity (Wildman–Crippen MR) is 78.4 cm³/mol. The topological polar surface area (TPSA) is 87.9 Å². The van der Waals surface area contributed by atoms with Crippen molar-refractivity contribution >= 4 is 35.1 Å². The number of carbonyl (C=O) groups excluding carboxylic acids is 1. The van der Waals surface area contributed by atoms with Crippen molar-refractivity contribution in [1.82, 2.24) is 9.97 Å². The molecule has 1 aromatic heterocycles. The Hall–Kier alpha value is -1.58. The second-order valence-electron chi connectivity index (χ2n) is 4.87. The second-order valence-corrected chi connectivity index (χ2v) is 5.59. The van der Waals surface area contributed by atoms with E-state index in [-0.39, 0.29) is 21.8 Å². The van der Waals surface area contributed by atoms with E-state index in [0.29, 0.717) is 12.8 Å². The summed E-state index contributed by atoms with van der Waals surface area (Å²) in [7, 11) is 1.22. The molecule has 1 aliphatic carbocycles. The van der Waals surface area contributed by atoms with Gasteiger partial charge in [0.25, 0.3) is 0 Å². The van der Waals surface area contributed by atoms with E-state index in [4.69, 9.17) is 23.2 Å². The maximum Gasteiger partial charge on any atom is 0.344 e. The zero-order valence-corrected chi connectivity index (χ0v) is 13.0. The summed E-state index contributed by atoms with van der Waals surface area (Å²) in [5.74, 6) is -0.565. The number of hydrogen-bond donors (Lipinski definition) is 1. The van der Waals surface area contributed by atoms with Crippen molar-refractivity contribution in [2.75, 3.05) is 12.4 Å².